The summed E-state index contributed by atoms with van der Waals surface area (Å²) in [4.78, 5) is 22.9. The van der Waals surface area contributed by atoms with Crippen LogP contribution < -0.4 is 5.32 Å². The zero-order valence-corrected chi connectivity index (χ0v) is 11.0. The molecule has 2 aromatic rings. The quantitative estimate of drug-likeness (QED) is 0.912. The van der Waals surface area contributed by atoms with Gasteiger partial charge in [0.25, 0.3) is 5.91 Å². The summed E-state index contributed by atoms with van der Waals surface area (Å²) >= 11 is 0. The molecule has 0 aliphatic carbocycles. The van der Waals surface area contributed by atoms with E-state index in [9.17, 15) is 18.4 Å². The lowest BCUT2D eigenvalue weighted by Crippen LogP contribution is -2.14. The van der Waals surface area contributed by atoms with Crippen LogP contribution in [0.3, 0.4) is 0 Å². The second-order valence-corrected chi connectivity index (χ2v) is 4.41. The molecule has 0 aromatic heterocycles. The SMILES string of the molecule is Cc1ccc(NC(=O)c2cc(F)ccc2F)cc1C(=O)O. The summed E-state index contributed by atoms with van der Waals surface area (Å²) in [5.41, 5.74) is 0.282. The first-order valence-corrected chi connectivity index (χ1v) is 5.99. The number of aromatic carboxylic acids is 1. The van der Waals surface area contributed by atoms with E-state index in [0.717, 1.165) is 18.2 Å². The summed E-state index contributed by atoms with van der Waals surface area (Å²) in [5.74, 6) is -3.59. The van der Waals surface area contributed by atoms with Gasteiger partial charge in [0, 0.05) is 5.69 Å². The molecule has 1 amide bonds. The number of anilines is 1. The van der Waals surface area contributed by atoms with E-state index in [4.69, 9.17) is 5.11 Å². The fourth-order valence-electron chi connectivity index (χ4n) is 1.80. The number of hydrogen-bond acceptors (Lipinski definition) is 2. The number of rotatable bonds is 3. The van der Waals surface area contributed by atoms with Gasteiger partial charge in [0.15, 0.2) is 0 Å². The van der Waals surface area contributed by atoms with Crippen LogP contribution in [0.4, 0.5) is 14.5 Å². The van der Waals surface area contributed by atoms with E-state index in [2.05, 4.69) is 5.32 Å². The first-order chi connectivity index (χ1) is 9.88. The molecule has 2 rings (SSSR count). The first-order valence-electron chi connectivity index (χ1n) is 5.99. The van der Waals surface area contributed by atoms with E-state index in [1.165, 1.54) is 18.2 Å². The maximum absolute atomic E-state index is 13.5. The highest BCUT2D eigenvalue weighted by molar-refractivity contribution is 6.05. The number of nitrogens with one attached hydrogen (secondary N) is 1. The van der Waals surface area contributed by atoms with Crippen molar-refractivity contribution in [1.29, 1.82) is 0 Å². The average molecular weight is 291 g/mol. The van der Waals surface area contributed by atoms with Gasteiger partial charge in [-0.3, -0.25) is 4.79 Å². The van der Waals surface area contributed by atoms with Gasteiger partial charge in [0.1, 0.15) is 11.6 Å². The smallest absolute Gasteiger partial charge is 0.336 e. The van der Waals surface area contributed by atoms with Crippen molar-refractivity contribution >= 4 is 17.6 Å². The van der Waals surface area contributed by atoms with Crippen molar-refractivity contribution < 1.29 is 23.5 Å². The Morgan fingerprint density at radius 2 is 1.76 bits per heavy atom. The molecule has 108 valence electrons. The molecule has 0 aliphatic rings. The molecule has 0 unspecified atom stereocenters. The van der Waals surface area contributed by atoms with Gasteiger partial charge in [0.2, 0.25) is 0 Å². The number of carbonyl (C=O) groups excluding carboxylic acids is 1. The Morgan fingerprint density at radius 3 is 2.43 bits per heavy atom. The average Bonchev–Trinajstić information content (AvgIpc) is 2.43. The van der Waals surface area contributed by atoms with Crippen molar-refractivity contribution in [3.05, 3.63) is 64.7 Å². The standard InChI is InChI=1S/C15H11F2NO3/c1-8-2-4-10(7-11(8)15(20)21)18-14(19)12-6-9(16)3-5-13(12)17/h2-7H,1H3,(H,18,19)(H,20,21). The van der Waals surface area contributed by atoms with Crippen molar-refractivity contribution in [2.75, 3.05) is 5.32 Å². The van der Waals surface area contributed by atoms with Gasteiger partial charge in [-0.25, -0.2) is 13.6 Å². The molecule has 0 heterocycles. The van der Waals surface area contributed by atoms with Gasteiger partial charge in [-0.05, 0) is 42.8 Å². The number of aryl methyl sites for hydroxylation is 1. The highest BCUT2D eigenvalue weighted by atomic mass is 19.1. The summed E-state index contributed by atoms with van der Waals surface area (Å²) in [6.45, 7) is 1.61. The lowest BCUT2D eigenvalue weighted by molar-refractivity contribution is 0.0695. The third kappa shape index (κ3) is 3.22. The second kappa shape index (κ2) is 5.70. The van der Waals surface area contributed by atoms with Gasteiger partial charge in [0.05, 0.1) is 11.1 Å². The minimum absolute atomic E-state index is 0.0208. The van der Waals surface area contributed by atoms with Crippen LogP contribution in [-0.2, 0) is 0 Å². The molecule has 0 aliphatic heterocycles. The molecule has 0 spiro atoms. The maximum Gasteiger partial charge on any atom is 0.336 e. The maximum atomic E-state index is 13.5. The highest BCUT2D eigenvalue weighted by Gasteiger charge is 2.14. The Bertz CT molecular complexity index is 729. The van der Waals surface area contributed by atoms with Gasteiger partial charge in [-0.2, -0.15) is 0 Å². The largest absolute Gasteiger partial charge is 0.478 e. The summed E-state index contributed by atoms with van der Waals surface area (Å²) in [6.07, 6.45) is 0. The van der Waals surface area contributed by atoms with E-state index in [0.29, 0.717) is 5.56 Å². The monoisotopic (exact) mass is 291 g/mol. The normalized spacial score (nSPS) is 10.2. The Labute approximate surface area is 119 Å². The van der Waals surface area contributed by atoms with Crippen LogP contribution >= 0.6 is 0 Å². The Kier molecular flexibility index (Phi) is 3.98. The molecule has 0 fully saturated rings. The minimum Gasteiger partial charge on any atom is -0.478 e. The van der Waals surface area contributed by atoms with Gasteiger partial charge in [-0.1, -0.05) is 6.07 Å². The van der Waals surface area contributed by atoms with E-state index in [1.807, 2.05) is 0 Å². The van der Waals surface area contributed by atoms with Gasteiger partial charge < -0.3 is 10.4 Å². The molecule has 2 aromatic carbocycles. The third-order valence-electron chi connectivity index (χ3n) is 2.90. The topological polar surface area (TPSA) is 66.4 Å². The van der Waals surface area contributed by atoms with E-state index < -0.39 is 29.1 Å². The first kappa shape index (κ1) is 14.6. The molecular formula is C15H11F2NO3. The fourth-order valence-corrected chi connectivity index (χ4v) is 1.80. The molecule has 21 heavy (non-hydrogen) atoms. The molecule has 0 radical (unpaired) electrons. The molecule has 0 saturated heterocycles. The zero-order chi connectivity index (χ0) is 15.6. The summed E-state index contributed by atoms with van der Waals surface area (Å²) in [5, 5.41) is 11.3. The van der Waals surface area contributed by atoms with Crippen LogP contribution in [-0.4, -0.2) is 17.0 Å². The molecule has 0 atom stereocenters. The number of benzene rings is 2. The number of carboxylic acid groups (broad SMARTS) is 1. The summed E-state index contributed by atoms with van der Waals surface area (Å²) in [7, 11) is 0. The summed E-state index contributed by atoms with van der Waals surface area (Å²) in [6, 6.07) is 6.78. The predicted octanol–water partition coefficient (Wildman–Crippen LogP) is 3.22. The number of carbonyl (C=O) groups is 2. The van der Waals surface area contributed by atoms with Crippen LogP contribution in [0, 0.1) is 18.6 Å². The lowest BCUT2D eigenvalue weighted by Gasteiger charge is -2.08. The minimum atomic E-state index is -1.14. The predicted molar refractivity (Wildman–Crippen MR) is 72.4 cm³/mol. The van der Waals surface area contributed by atoms with Crippen LogP contribution in [0.1, 0.15) is 26.3 Å². The van der Waals surface area contributed by atoms with Crippen molar-refractivity contribution in [2.45, 2.75) is 6.92 Å². The van der Waals surface area contributed by atoms with Crippen molar-refractivity contribution in [2.24, 2.45) is 0 Å². The van der Waals surface area contributed by atoms with Crippen LogP contribution in [0.15, 0.2) is 36.4 Å². The van der Waals surface area contributed by atoms with Crippen molar-refractivity contribution in [3.63, 3.8) is 0 Å². The van der Waals surface area contributed by atoms with Gasteiger partial charge >= 0.3 is 5.97 Å². The number of hydrogen-bond donors (Lipinski definition) is 2. The Morgan fingerprint density at radius 1 is 1.05 bits per heavy atom. The number of halogens is 2. The third-order valence-corrected chi connectivity index (χ3v) is 2.90. The van der Waals surface area contributed by atoms with Crippen LogP contribution in [0.25, 0.3) is 0 Å². The number of amides is 1. The van der Waals surface area contributed by atoms with Crippen molar-refractivity contribution in [3.8, 4) is 0 Å². The van der Waals surface area contributed by atoms with E-state index >= 15 is 0 Å². The molecule has 6 heteroatoms. The number of carboxylic acids is 1. The molecule has 4 nitrogen and oxygen atoms in total. The molecule has 2 N–H and O–H groups in total. The Balaban J connectivity index is 2.29. The fraction of sp³-hybridized carbons (Fsp3) is 0.0667. The molecular weight excluding hydrogens is 280 g/mol. The lowest BCUT2D eigenvalue weighted by atomic mass is 10.1. The molecule has 0 bridgehead atoms. The zero-order valence-electron chi connectivity index (χ0n) is 11.0. The van der Waals surface area contributed by atoms with Crippen LogP contribution in [0.2, 0.25) is 0 Å². The Hall–Kier alpha value is -2.76. The highest BCUT2D eigenvalue weighted by Crippen LogP contribution is 2.17. The molecule has 0 saturated carbocycles. The van der Waals surface area contributed by atoms with Gasteiger partial charge in [-0.15, -0.1) is 0 Å². The van der Waals surface area contributed by atoms with E-state index in [-0.39, 0.29) is 11.3 Å². The second-order valence-electron chi connectivity index (χ2n) is 4.41. The van der Waals surface area contributed by atoms with E-state index in [1.54, 1.807) is 6.92 Å². The van der Waals surface area contributed by atoms with Crippen molar-refractivity contribution in [1.82, 2.24) is 0 Å². The van der Waals surface area contributed by atoms with Crippen LogP contribution in [0.5, 0.6) is 0 Å². The summed E-state index contributed by atoms with van der Waals surface area (Å²) < 4.78 is 26.5.